The van der Waals surface area contributed by atoms with Crippen molar-refractivity contribution in [2.75, 3.05) is 42.9 Å². The number of para-hydroxylation sites is 1. The van der Waals surface area contributed by atoms with Gasteiger partial charge in [-0.2, -0.15) is 18.3 Å². The van der Waals surface area contributed by atoms with Crippen LogP contribution in [0.15, 0.2) is 59.5 Å². The number of alkyl halides is 3. The highest BCUT2D eigenvalue weighted by Crippen LogP contribution is 2.43. The summed E-state index contributed by atoms with van der Waals surface area (Å²) in [5, 5.41) is 20.7. The minimum atomic E-state index is -4.70. The monoisotopic (exact) mass is 801 g/mol. The van der Waals surface area contributed by atoms with Gasteiger partial charge in [0.15, 0.2) is 6.29 Å². The van der Waals surface area contributed by atoms with E-state index in [9.17, 15) is 37.5 Å². The van der Waals surface area contributed by atoms with E-state index in [1.165, 1.54) is 10.6 Å². The molecule has 6 heterocycles. The van der Waals surface area contributed by atoms with Gasteiger partial charge in [-0.25, -0.2) is 9.78 Å². The summed E-state index contributed by atoms with van der Waals surface area (Å²) in [6.45, 7) is 4.29. The van der Waals surface area contributed by atoms with Crippen LogP contribution >= 0.6 is 0 Å². The van der Waals surface area contributed by atoms with E-state index in [1.807, 2.05) is 29.1 Å². The summed E-state index contributed by atoms with van der Waals surface area (Å²) in [6, 6.07) is 11.8. The van der Waals surface area contributed by atoms with E-state index < -0.39 is 47.8 Å². The number of amides is 3. The van der Waals surface area contributed by atoms with Gasteiger partial charge in [0.05, 0.1) is 28.3 Å². The Hall–Kier alpha value is -5.59. The first-order valence-corrected chi connectivity index (χ1v) is 19.5. The molecule has 9 rings (SSSR count). The number of aliphatic hydroxyl groups is 1. The van der Waals surface area contributed by atoms with Gasteiger partial charge in [0, 0.05) is 69.0 Å². The number of fused-ring (bicyclic) bond motifs is 2. The summed E-state index contributed by atoms with van der Waals surface area (Å²) in [4.78, 5) is 59.2. The van der Waals surface area contributed by atoms with Crippen LogP contribution in [0.5, 0.6) is 0 Å². The smallest absolute Gasteiger partial charge is 0.367 e. The minimum absolute atomic E-state index is 0.165. The number of aryl methyl sites for hydroxylation is 1. The van der Waals surface area contributed by atoms with Gasteiger partial charge in [-0.3, -0.25) is 38.4 Å². The molecule has 304 valence electrons. The fourth-order valence-corrected chi connectivity index (χ4v) is 8.91. The molecular formula is C40H42F3N9O6. The van der Waals surface area contributed by atoms with Gasteiger partial charge in [0.1, 0.15) is 23.5 Å². The molecule has 1 aliphatic carbocycles. The number of epoxide rings is 1. The number of aromatic nitrogens is 5. The van der Waals surface area contributed by atoms with Crippen LogP contribution in [0.3, 0.4) is 0 Å². The summed E-state index contributed by atoms with van der Waals surface area (Å²) in [5.41, 5.74) is 1.98. The molecule has 3 N–H and O–H groups in total. The van der Waals surface area contributed by atoms with Gasteiger partial charge in [-0.05, 0) is 74.4 Å². The van der Waals surface area contributed by atoms with Crippen molar-refractivity contribution in [3.8, 4) is 0 Å². The molecule has 3 saturated heterocycles. The van der Waals surface area contributed by atoms with Crippen LogP contribution in [0, 0.1) is 5.92 Å². The van der Waals surface area contributed by atoms with E-state index in [1.54, 1.807) is 23.7 Å². The van der Waals surface area contributed by atoms with Gasteiger partial charge in [-0.1, -0.05) is 12.1 Å². The Morgan fingerprint density at radius 3 is 2.45 bits per heavy atom. The fraction of sp³-hybridized carbons (Fsp3) is 0.450. The standard InChI is InChI=1S/C40H42F3N9O6/c1-48-34-29(5-3-6-30(34)52(39(48)57)31-12-13-33(53)46-37(31)55)50-16-14-49(15-17-50)20-22-8-10-24(11-9-22)51-21-23-18-28(25(19-27(23)47-51)35-38(56)58-35)45-36(54)26-4-2-7-32(44-26)40(41,42)43/h2-7,18-19,21-22,24,31,35,38,56H,8-17,20H2,1H3,(H,45,54)(H,46,53,55). The fourth-order valence-electron chi connectivity index (χ4n) is 8.91. The van der Waals surface area contributed by atoms with E-state index in [0.717, 1.165) is 87.1 Å². The Kier molecular flexibility index (Phi) is 9.59. The SMILES string of the molecule is Cn1c(=O)n(C2CCC(=O)NC2=O)c2cccc(N3CCN(CC4CCC(n5cc6cc(NC(=O)c7cccc(C(F)(F)F)n7)c(C7OC7O)cc6n5)CC4)CC3)c21. The van der Waals surface area contributed by atoms with Gasteiger partial charge in [0.2, 0.25) is 11.8 Å². The first kappa shape index (κ1) is 38.0. The lowest BCUT2D eigenvalue weighted by atomic mass is 9.85. The molecule has 0 bridgehead atoms. The van der Waals surface area contributed by atoms with E-state index >= 15 is 0 Å². The number of nitrogens with one attached hydrogen (secondary N) is 2. The first-order valence-electron chi connectivity index (χ1n) is 19.5. The largest absolute Gasteiger partial charge is 0.433 e. The molecule has 3 aromatic heterocycles. The predicted octanol–water partition coefficient (Wildman–Crippen LogP) is 4.28. The number of piperidine rings is 1. The molecule has 2 aromatic carbocycles. The number of nitrogens with zero attached hydrogens (tertiary/aromatic N) is 7. The molecule has 5 aromatic rings. The average molecular weight is 802 g/mol. The second-order valence-electron chi connectivity index (χ2n) is 15.7. The molecule has 3 atom stereocenters. The third-order valence-corrected chi connectivity index (χ3v) is 12.0. The molecule has 3 unspecified atom stereocenters. The highest BCUT2D eigenvalue weighted by Gasteiger charge is 2.41. The molecule has 0 spiro atoms. The van der Waals surface area contributed by atoms with Gasteiger partial charge >= 0.3 is 11.9 Å². The zero-order valence-electron chi connectivity index (χ0n) is 31.6. The Labute approximate surface area is 329 Å². The molecular weight excluding hydrogens is 759 g/mol. The number of ether oxygens (including phenoxy) is 1. The number of hydrogen-bond donors (Lipinski definition) is 3. The number of pyridine rings is 1. The number of anilines is 2. The van der Waals surface area contributed by atoms with E-state index in [-0.39, 0.29) is 30.5 Å². The maximum Gasteiger partial charge on any atom is 0.433 e. The van der Waals surface area contributed by atoms with Crippen molar-refractivity contribution in [3.05, 3.63) is 82.2 Å². The molecule has 4 fully saturated rings. The van der Waals surface area contributed by atoms with Crippen molar-refractivity contribution >= 4 is 51.0 Å². The van der Waals surface area contributed by atoms with Crippen LogP contribution in [-0.4, -0.2) is 90.6 Å². The summed E-state index contributed by atoms with van der Waals surface area (Å²) < 4.78 is 50.1. The Balaban J connectivity index is 0.829. The van der Waals surface area contributed by atoms with Crippen LogP contribution in [-0.2, 0) is 27.5 Å². The molecule has 58 heavy (non-hydrogen) atoms. The predicted molar refractivity (Wildman–Crippen MR) is 205 cm³/mol. The van der Waals surface area contributed by atoms with Crippen LogP contribution in [0.25, 0.3) is 21.9 Å². The summed E-state index contributed by atoms with van der Waals surface area (Å²) in [7, 11) is 1.73. The maximum absolute atomic E-state index is 13.4. The average Bonchev–Trinajstić information content (AvgIpc) is 3.69. The molecule has 3 amide bonds. The van der Waals surface area contributed by atoms with Gasteiger partial charge in [-0.15, -0.1) is 0 Å². The second-order valence-corrected chi connectivity index (χ2v) is 15.7. The lowest BCUT2D eigenvalue weighted by molar-refractivity contribution is -0.141. The van der Waals surface area contributed by atoms with Crippen molar-refractivity contribution in [2.24, 2.45) is 13.0 Å². The lowest BCUT2D eigenvalue weighted by Gasteiger charge is -2.39. The normalized spacial score (nSPS) is 24.4. The summed E-state index contributed by atoms with van der Waals surface area (Å²) in [6.07, 6.45) is -0.168. The lowest BCUT2D eigenvalue weighted by Crippen LogP contribution is -2.48. The minimum Gasteiger partial charge on any atom is -0.367 e. The molecule has 3 aliphatic heterocycles. The highest BCUT2D eigenvalue weighted by atomic mass is 19.4. The second kappa shape index (κ2) is 14.7. The van der Waals surface area contributed by atoms with Crippen molar-refractivity contribution in [1.82, 2.24) is 34.1 Å². The van der Waals surface area contributed by atoms with Crippen LogP contribution in [0.2, 0.25) is 0 Å². The number of imidazole rings is 1. The van der Waals surface area contributed by atoms with Crippen molar-refractivity contribution in [1.29, 1.82) is 0 Å². The zero-order valence-corrected chi connectivity index (χ0v) is 31.6. The number of imide groups is 1. The van der Waals surface area contributed by atoms with Crippen LogP contribution in [0.4, 0.5) is 24.5 Å². The highest BCUT2D eigenvalue weighted by molar-refractivity contribution is 6.04. The molecule has 1 saturated carbocycles. The Bertz CT molecular complexity index is 2500. The van der Waals surface area contributed by atoms with Crippen LogP contribution in [0.1, 0.15) is 78.5 Å². The number of aliphatic hydroxyl groups excluding tert-OH is 1. The van der Waals surface area contributed by atoms with E-state index in [2.05, 4.69) is 25.4 Å². The zero-order chi connectivity index (χ0) is 40.5. The third-order valence-electron chi connectivity index (χ3n) is 12.0. The van der Waals surface area contributed by atoms with Crippen molar-refractivity contribution < 1.29 is 37.4 Å². The number of carbonyl (C=O) groups is 3. The number of hydrogen-bond acceptors (Lipinski definition) is 10. The first-order chi connectivity index (χ1) is 27.8. The van der Waals surface area contributed by atoms with Crippen molar-refractivity contribution in [2.45, 2.75) is 69.2 Å². The van der Waals surface area contributed by atoms with Crippen molar-refractivity contribution in [3.63, 3.8) is 0 Å². The van der Waals surface area contributed by atoms with Gasteiger partial charge < -0.3 is 20.1 Å². The van der Waals surface area contributed by atoms with E-state index in [4.69, 9.17) is 9.84 Å². The topological polar surface area (TPSA) is 172 Å². The van der Waals surface area contributed by atoms with Crippen LogP contribution < -0.4 is 21.2 Å². The maximum atomic E-state index is 13.4. The number of halogens is 3. The molecule has 0 radical (unpaired) electrons. The molecule has 4 aliphatic rings. The Morgan fingerprint density at radius 2 is 1.74 bits per heavy atom. The molecule has 18 heteroatoms. The quantitative estimate of drug-likeness (QED) is 0.152. The third kappa shape index (κ3) is 7.13. The van der Waals surface area contributed by atoms with E-state index in [0.29, 0.717) is 28.2 Å². The number of piperazine rings is 1. The summed E-state index contributed by atoms with van der Waals surface area (Å²) in [5.74, 6) is -1.07. The Morgan fingerprint density at radius 1 is 1.00 bits per heavy atom. The molecule has 15 nitrogen and oxygen atoms in total. The van der Waals surface area contributed by atoms with Gasteiger partial charge in [0.25, 0.3) is 5.91 Å². The number of carbonyl (C=O) groups excluding carboxylic acids is 3. The summed E-state index contributed by atoms with van der Waals surface area (Å²) >= 11 is 0. The number of benzene rings is 2. The number of rotatable bonds is 8.